The Labute approximate surface area is 118 Å². The van der Waals surface area contributed by atoms with Crippen molar-refractivity contribution in [2.24, 2.45) is 0 Å². The van der Waals surface area contributed by atoms with Crippen molar-refractivity contribution in [2.45, 2.75) is 6.18 Å². The predicted molar refractivity (Wildman–Crippen MR) is 70.5 cm³/mol. The summed E-state index contributed by atoms with van der Waals surface area (Å²) in [5, 5.41) is 9.45. The molecule has 3 nitrogen and oxygen atoms in total. The van der Waals surface area contributed by atoms with Gasteiger partial charge in [-0.2, -0.15) is 13.2 Å². The molecule has 2 aromatic rings. The standard InChI is InChI=1S/C15H11F3O3/c1-21-14-5-3-11(15(16,17)18)7-12(14)9-2-4-13(20)10(6-9)8-19/h2-8,20H,1H3. The maximum atomic E-state index is 12.8. The number of halogens is 3. The molecule has 0 aromatic heterocycles. The van der Waals surface area contributed by atoms with Crippen LogP contribution in [0.15, 0.2) is 36.4 Å². The average Bonchev–Trinajstić information content (AvgIpc) is 2.46. The first-order valence-corrected chi connectivity index (χ1v) is 5.90. The number of carbonyl (C=O) groups is 1. The zero-order valence-corrected chi connectivity index (χ0v) is 10.9. The van der Waals surface area contributed by atoms with E-state index in [1.165, 1.54) is 31.4 Å². The van der Waals surface area contributed by atoms with Gasteiger partial charge in [-0.1, -0.05) is 6.07 Å². The zero-order valence-electron chi connectivity index (χ0n) is 10.9. The summed E-state index contributed by atoms with van der Waals surface area (Å²) in [7, 11) is 1.34. The molecule has 0 radical (unpaired) electrons. The number of ether oxygens (including phenoxy) is 1. The van der Waals surface area contributed by atoms with Gasteiger partial charge in [-0.25, -0.2) is 0 Å². The van der Waals surface area contributed by atoms with E-state index in [4.69, 9.17) is 4.74 Å². The molecule has 21 heavy (non-hydrogen) atoms. The summed E-state index contributed by atoms with van der Waals surface area (Å²) in [6.07, 6.45) is -4.05. The summed E-state index contributed by atoms with van der Waals surface area (Å²) in [5.74, 6) is 0.00484. The van der Waals surface area contributed by atoms with Crippen LogP contribution in [0, 0.1) is 0 Å². The number of rotatable bonds is 3. The maximum Gasteiger partial charge on any atom is 0.416 e. The number of hydrogen-bond donors (Lipinski definition) is 1. The Bertz CT molecular complexity index is 678. The molecule has 0 saturated heterocycles. The number of aromatic hydroxyl groups is 1. The Kier molecular flexibility index (Phi) is 3.88. The zero-order chi connectivity index (χ0) is 15.6. The molecular formula is C15H11F3O3. The minimum absolute atomic E-state index is 0.00744. The summed E-state index contributed by atoms with van der Waals surface area (Å²) in [4.78, 5) is 10.8. The maximum absolute atomic E-state index is 12.8. The van der Waals surface area contributed by atoms with Crippen LogP contribution in [0.4, 0.5) is 13.2 Å². The molecule has 0 aliphatic heterocycles. The van der Waals surface area contributed by atoms with Crippen molar-refractivity contribution in [1.29, 1.82) is 0 Å². The van der Waals surface area contributed by atoms with Gasteiger partial charge in [0.15, 0.2) is 6.29 Å². The van der Waals surface area contributed by atoms with E-state index in [1.54, 1.807) is 0 Å². The van der Waals surface area contributed by atoms with Crippen LogP contribution in [0.25, 0.3) is 11.1 Å². The van der Waals surface area contributed by atoms with Crippen molar-refractivity contribution < 1.29 is 27.8 Å². The summed E-state index contributed by atoms with van der Waals surface area (Å²) < 4.78 is 43.4. The number of hydrogen-bond acceptors (Lipinski definition) is 3. The third-order valence-electron chi connectivity index (χ3n) is 2.99. The fraction of sp³-hybridized carbons (Fsp3) is 0.133. The second-order valence-corrected chi connectivity index (χ2v) is 4.30. The molecule has 2 rings (SSSR count). The number of carbonyl (C=O) groups excluding carboxylic acids is 1. The molecule has 0 heterocycles. The molecule has 6 heteroatoms. The molecule has 0 spiro atoms. The molecule has 0 atom stereocenters. The highest BCUT2D eigenvalue weighted by molar-refractivity contribution is 5.84. The minimum Gasteiger partial charge on any atom is -0.507 e. The topological polar surface area (TPSA) is 46.5 Å². The molecule has 0 unspecified atom stereocenters. The highest BCUT2D eigenvalue weighted by Crippen LogP contribution is 2.38. The Balaban J connectivity index is 2.63. The molecule has 0 saturated carbocycles. The lowest BCUT2D eigenvalue weighted by molar-refractivity contribution is -0.137. The fourth-order valence-electron chi connectivity index (χ4n) is 1.93. The summed E-state index contributed by atoms with van der Waals surface area (Å²) in [6.45, 7) is 0. The third-order valence-corrected chi connectivity index (χ3v) is 2.99. The fourth-order valence-corrected chi connectivity index (χ4v) is 1.93. The van der Waals surface area contributed by atoms with E-state index < -0.39 is 11.7 Å². The van der Waals surface area contributed by atoms with Crippen LogP contribution in [-0.4, -0.2) is 18.5 Å². The number of phenols is 1. The van der Waals surface area contributed by atoms with Gasteiger partial charge in [0.05, 0.1) is 18.2 Å². The van der Waals surface area contributed by atoms with Gasteiger partial charge in [0.25, 0.3) is 0 Å². The van der Waals surface area contributed by atoms with Gasteiger partial charge < -0.3 is 9.84 Å². The van der Waals surface area contributed by atoms with E-state index in [9.17, 15) is 23.1 Å². The first kappa shape index (κ1) is 14.9. The van der Waals surface area contributed by atoms with Gasteiger partial charge >= 0.3 is 6.18 Å². The van der Waals surface area contributed by atoms with Crippen molar-refractivity contribution >= 4 is 6.29 Å². The van der Waals surface area contributed by atoms with Gasteiger partial charge in [0.1, 0.15) is 11.5 Å². The van der Waals surface area contributed by atoms with Crippen LogP contribution in [0.3, 0.4) is 0 Å². The number of alkyl halides is 3. The van der Waals surface area contributed by atoms with E-state index in [0.29, 0.717) is 11.8 Å². The molecule has 1 N–H and O–H groups in total. The smallest absolute Gasteiger partial charge is 0.416 e. The van der Waals surface area contributed by atoms with Gasteiger partial charge in [-0.3, -0.25) is 4.79 Å². The molecular weight excluding hydrogens is 285 g/mol. The Morgan fingerprint density at radius 3 is 2.43 bits per heavy atom. The number of phenolic OH excluding ortho intramolecular Hbond substituents is 1. The Morgan fingerprint density at radius 1 is 1.14 bits per heavy atom. The monoisotopic (exact) mass is 296 g/mol. The van der Waals surface area contributed by atoms with Crippen molar-refractivity contribution in [3.8, 4) is 22.6 Å². The van der Waals surface area contributed by atoms with E-state index in [-0.39, 0.29) is 22.6 Å². The van der Waals surface area contributed by atoms with E-state index in [1.807, 2.05) is 0 Å². The summed E-state index contributed by atoms with van der Waals surface area (Å²) >= 11 is 0. The van der Waals surface area contributed by atoms with E-state index in [0.717, 1.165) is 12.1 Å². The Morgan fingerprint density at radius 2 is 1.86 bits per heavy atom. The molecule has 0 fully saturated rings. The molecule has 2 aromatic carbocycles. The van der Waals surface area contributed by atoms with E-state index in [2.05, 4.69) is 0 Å². The normalized spacial score (nSPS) is 11.2. The lowest BCUT2D eigenvalue weighted by atomic mass is 9.99. The Hall–Kier alpha value is -2.50. The lowest BCUT2D eigenvalue weighted by Gasteiger charge is -2.13. The molecule has 0 bridgehead atoms. The molecule has 0 aliphatic carbocycles. The van der Waals surface area contributed by atoms with Crippen LogP contribution >= 0.6 is 0 Å². The van der Waals surface area contributed by atoms with Crippen molar-refractivity contribution in [1.82, 2.24) is 0 Å². The van der Waals surface area contributed by atoms with Gasteiger partial charge in [-0.05, 0) is 35.9 Å². The average molecular weight is 296 g/mol. The quantitative estimate of drug-likeness (QED) is 0.874. The van der Waals surface area contributed by atoms with Crippen LogP contribution in [0.5, 0.6) is 11.5 Å². The van der Waals surface area contributed by atoms with Crippen molar-refractivity contribution in [2.75, 3.05) is 7.11 Å². The van der Waals surface area contributed by atoms with Crippen molar-refractivity contribution in [3.63, 3.8) is 0 Å². The first-order valence-electron chi connectivity index (χ1n) is 5.90. The van der Waals surface area contributed by atoms with Crippen LogP contribution < -0.4 is 4.74 Å². The van der Waals surface area contributed by atoms with Crippen LogP contribution in [-0.2, 0) is 6.18 Å². The van der Waals surface area contributed by atoms with Crippen molar-refractivity contribution in [3.05, 3.63) is 47.5 Å². The SMILES string of the molecule is COc1ccc(C(F)(F)F)cc1-c1ccc(O)c(C=O)c1. The number of aldehydes is 1. The summed E-state index contributed by atoms with van der Waals surface area (Å²) in [6, 6.07) is 7.05. The number of benzene rings is 2. The highest BCUT2D eigenvalue weighted by atomic mass is 19.4. The van der Waals surface area contributed by atoms with Crippen LogP contribution in [0.1, 0.15) is 15.9 Å². The highest BCUT2D eigenvalue weighted by Gasteiger charge is 2.31. The largest absolute Gasteiger partial charge is 0.507 e. The van der Waals surface area contributed by atoms with Gasteiger partial charge in [0.2, 0.25) is 0 Å². The second-order valence-electron chi connectivity index (χ2n) is 4.30. The van der Waals surface area contributed by atoms with E-state index >= 15 is 0 Å². The number of methoxy groups -OCH3 is 1. The van der Waals surface area contributed by atoms with Gasteiger partial charge in [0, 0.05) is 5.56 Å². The van der Waals surface area contributed by atoms with Crippen LogP contribution in [0.2, 0.25) is 0 Å². The van der Waals surface area contributed by atoms with Gasteiger partial charge in [-0.15, -0.1) is 0 Å². The molecule has 0 amide bonds. The molecule has 110 valence electrons. The minimum atomic E-state index is -4.48. The molecule has 0 aliphatic rings. The second kappa shape index (κ2) is 5.47. The lowest BCUT2D eigenvalue weighted by Crippen LogP contribution is -2.05. The third kappa shape index (κ3) is 2.99. The summed E-state index contributed by atoms with van der Waals surface area (Å²) in [5.41, 5.74) is -0.292. The predicted octanol–water partition coefficient (Wildman–Crippen LogP) is 3.90. The first-order chi connectivity index (χ1) is 9.86.